The van der Waals surface area contributed by atoms with E-state index in [1.54, 1.807) is 0 Å². The zero-order valence-electron chi connectivity index (χ0n) is 18.7. The lowest BCUT2D eigenvalue weighted by Crippen LogP contribution is -2.54. The Hall–Kier alpha value is -2.90. The Morgan fingerprint density at radius 2 is 1.50 bits per heavy atom. The number of anilines is 1. The van der Waals surface area contributed by atoms with Gasteiger partial charge in [0.05, 0.1) is 12.6 Å². The van der Waals surface area contributed by atoms with Crippen molar-refractivity contribution in [2.24, 2.45) is 0 Å². The molecule has 7 nitrogen and oxygen atoms in total. The number of hydrogen-bond donors (Lipinski definition) is 1. The highest BCUT2D eigenvalue weighted by Gasteiger charge is 2.27. The molecule has 1 unspecified atom stereocenters. The first-order valence-corrected chi connectivity index (χ1v) is 11.5. The van der Waals surface area contributed by atoms with Gasteiger partial charge in [0.1, 0.15) is 11.5 Å². The number of rotatable bonds is 7. The van der Waals surface area contributed by atoms with Gasteiger partial charge in [0.15, 0.2) is 0 Å². The zero-order chi connectivity index (χ0) is 22.3. The summed E-state index contributed by atoms with van der Waals surface area (Å²) in [6.07, 6.45) is 2.24. The third kappa shape index (κ3) is 5.87. The van der Waals surface area contributed by atoms with Crippen LogP contribution in [0.1, 0.15) is 19.8 Å². The van der Waals surface area contributed by atoms with Crippen molar-refractivity contribution < 1.29 is 14.3 Å². The normalized spacial score (nSPS) is 18.3. The molecule has 7 heteroatoms. The molecule has 0 aliphatic carbocycles. The van der Waals surface area contributed by atoms with Gasteiger partial charge in [-0.2, -0.15) is 0 Å². The first-order chi connectivity index (χ1) is 15.6. The van der Waals surface area contributed by atoms with Crippen LogP contribution in [0.25, 0.3) is 0 Å². The molecule has 4 rings (SSSR count). The van der Waals surface area contributed by atoms with Gasteiger partial charge in [-0.05, 0) is 56.2 Å². The third-order valence-electron chi connectivity index (χ3n) is 6.25. The molecule has 32 heavy (non-hydrogen) atoms. The second-order valence-electron chi connectivity index (χ2n) is 8.50. The number of amides is 2. The maximum absolute atomic E-state index is 12.8. The predicted octanol–water partition coefficient (Wildman–Crippen LogP) is 3.05. The van der Waals surface area contributed by atoms with Crippen LogP contribution in [-0.4, -0.2) is 78.4 Å². The molecule has 0 aromatic heterocycles. The summed E-state index contributed by atoms with van der Waals surface area (Å²) in [5, 5.41) is 3.00. The molecule has 0 saturated carbocycles. The molecular weight excluding hydrogens is 404 g/mol. The number of carbonyl (C=O) groups is 2. The van der Waals surface area contributed by atoms with Gasteiger partial charge < -0.3 is 15.0 Å². The fourth-order valence-electron chi connectivity index (χ4n) is 4.21. The Labute approximate surface area is 189 Å². The molecule has 2 heterocycles. The number of hydrogen-bond acceptors (Lipinski definition) is 5. The van der Waals surface area contributed by atoms with Crippen molar-refractivity contribution in [1.29, 1.82) is 0 Å². The molecule has 0 bridgehead atoms. The monoisotopic (exact) mass is 436 g/mol. The number of para-hydroxylation sites is 1. The molecule has 2 fully saturated rings. The maximum atomic E-state index is 12.8. The Morgan fingerprint density at radius 3 is 2.16 bits per heavy atom. The average molecular weight is 437 g/mol. The smallest absolute Gasteiger partial charge is 0.241 e. The highest BCUT2D eigenvalue weighted by atomic mass is 16.5. The largest absolute Gasteiger partial charge is 0.457 e. The lowest BCUT2D eigenvalue weighted by molar-refractivity contribution is -0.132. The summed E-state index contributed by atoms with van der Waals surface area (Å²) in [6, 6.07) is 16.8. The zero-order valence-corrected chi connectivity index (χ0v) is 18.7. The molecule has 2 aliphatic heterocycles. The number of benzene rings is 2. The van der Waals surface area contributed by atoms with E-state index in [0.29, 0.717) is 6.54 Å². The second kappa shape index (κ2) is 10.6. The fraction of sp³-hybridized carbons (Fsp3) is 0.440. The van der Waals surface area contributed by atoms with E-state index in [1.807, 2.05) is 66.4 Å². The summed E-state index contributed by atoms with van der Waals surface area (Å²) in [5.41, 5.74) is 0.747. The van der Waals surface area contributed by atoms with Gasteiger partial charge in [-0.15, -0.1) is 0 Å². The van der Waals surface area contributed by atoms with E-state index in [0.717, 1.165) is 69.3 Å². The van der Waals surface area contributed by atoms with E-state index in [-0.39, 0.29) is 17.9 Å². The van der Waals surface area contributed by atoms with Crippen molar-refractivity contribution in [3.05, 3.63) is 54.6 Å². The van der Waals surface area contributed by atoms with Crippen molar-refractivity contribution in [2.45, 2.75) is 25.8 Å². The molecular formula is C25H32N4O3. The van der Waals surface area contributed by atoms with Crippen LogP contribution < -0.4 is 10.1 Å². The van der Waals surface area contributed by atoms with Crippen molar-refractivity contribution in [3.8, 4) is 11.5 Å². The quantitative estimate of drug-likeness (QED) is 0.723. The summed E-state index contributed by atoms with van der Waals surface area (Å²) in [5.74, 6) is 1.71. The van der Waals surface area contributed by atoms with E-state index in [2.05, 4.69) is 15.1 Å². The summed E-state index contributed by atoms with van der Waals surface area (Å²) in [6.45, 7) is 7.41. The third-order valence-corrected chi connectivity index (χ3v) is 6.25. The standard InChI is InChI=1S/C25H32N4O3/c1-20(28-17-15-27(16-18-28)19-24(30)29-13-5-6-14-29)25(31)26-21-9-11-23(12-10-21)32-22-7-3-2-4-8-22/h2-4,7-12,20H,5-6,13-19H2,1H3,(H,26,31). The van der Waals surface area contributed by atoms with Crippen molar-refractivity contribution in [3.63, 3.8) is 0 Å². The summed E-state index contributed by atoms with van der Waals surface area (Å²) >= 11 is 0. The number of piperazine rings is 1. The SMILES string of the molecule is CC(C(=O)Nc1ccc(Oc2ccccc2)cc1)N1CCN(CC(=O)N2CCCC2)CC1. The number of nitrogens with one attached hydrogen (secondary N) is 1. The van der Waals surface area contributed by atoms with E-state index in [1.165, 1.54) is 0 Å². The van der Waals surface area contributed by atoms with E-state index < -0.39 is 0 Å². The summed E-state index contributed by atoms with van der Waals surface area (Å²) < 4.78 is 5.80. The number of carbonyl (C=O) groups excluding carboxylic acids is 2. The fourth-order valence-corrected chi connectivity index (χ4v) is 4.21. The highest BCUT2D eigenvalue weighted by molar-refractivity contribution is 5.94. The van der Waals surface area contributed by atoms with E-state index in [4.69, 9.17) is 4.74 Å². The highest BCUT2D eigenvalue weighted by Crippen LogP contribution is 2.23. The second-order valence-corrected chi connectivity index (χ2v) is 8.50. The van der Waals surface area contributed by atoms with Crippen LogP contribution in [0.4, 0.5) is 5.69 Å². The number of nitrogens with zero attached hydrogens (tertiary/aromatic N) is 3. The molecule has 2 amide bonds. The molecule has 1 atom stereocenters. The van der Waals surface area contributed by atoms with Crippen LogP contribution in [0.15, 0.2) is 54.6 Å². The number of ether oxygens (including phenoxy) is 1. The van der Waals surface area contributed by atoms with Gasteiger partial charge in [0.2, 0.25) is 11.8 Å². The minimum atomic E-state index is -0.230. The topological polar surface area (TPSA) is 65.1 Å². The predicted molar refractivity (Wildman–Crippen MR) is 125 cm³/mol. The van der Waals surface area contributed by atoms with Crippen LogP contribution in [0.5, 0.6) is 11.5 Å². The molecule has 2 aromatic rings. The van der Waals surface area contributed by atoms with Gasteiger partial charge in [0, 0.05) is 45.0 Å². The van der Waals surface area contributed by atoms with E-state index in [9.17, 15) is 9.59 Å². The molecule has 1 N–H and O–H groups in total. The summed E-state index contributed by atoms with van der Waals surface area (Å²) in [4.78, 5) is 31.5. The van der Waals surface area contributed by atoms with Crippen LogP contribution in [-0.2, 0) is 9.59 Å². The molecule has 0 radical (unpaired) electrons. The average Bonchev–Trinajstić information content (AvgIpc) is 3.36. The maximum Gasteiger partial charge on any atom is 0.241 e. The van der Waals surface area contributed by atoms with Crippen molar-refractivity contribution in [2.75, 3.05) is 51.1 Å². The Bertz CT molecular complexity index is 889. The van der Waals surface area contributed by atoms with Gasteiger partial charge in [-0.3, -0.25) is 19.4 Å². The molecule has 0 spiro atoms. The first-order valence-electron chi connectivity index (χ1n) is 11.5. The molecule has 2 aliphatic rings. The lowest BCUT2D eigenvalue weighted by Gasteiger charge is -2.37. The lowest BCUT2D eigenvalue weighted by atomic mass is 10.2. The van der Waals surface area contributed by atoms with Crippen molar-refractivity contribution in [1.82, 2.24) is 14.7 Å². The molecule has 2 saturated heterocycles. The Balaban J connectivity index is 1.22. The van der Waals surface area contributed by atoms with Crippen molar-refractivity contribution >= 4 is 17.5 Å². The van der Waals surface area contributed by atoms with Crippen LogP contribution in [0.3, 0.4) is 0 Å². The van der Waals surface area contributed by atoms with E-state index >= 15 is 0 Å². The van der Waals surface area contributed by atoms with Crippen LogP contribution in [0, 0.1) is 0 Å². The molecule has 2 aromatic carbocycles. The Morgan fingerprint density at radius 1 is 0.875 bits per heavy atom. The summed E-state index contributed by atoms with van der Waals surface area (Å²) in [7, 11) is 0. The first kappa shape index (κ1) is 22.3. The van der Waals surface area contributed by atoms with Gasteiger partial charge in [-0.1, -0.05) is 18.2 Å². The minimum Gasteiger partial charge on any atom is -0.457 e. The Kier molecular flexibility index (Phi) is 7.39. The molecule has 170 valence electrons. The van der Waals surface area contributed by atoms with Crippen LogP contribution >= 0.6 is 0 Å². The van der Waals surface area contributed by atoms with Gasteiger partial charge in [0.25, 0.3) is 0 Å². The minimum absolute atomic E-state index is 0.0247. The number of likely N-dealkylation sites (tertiary alicyclic amines) is 1. The van der Waals surface area contributed by atoms with Gasteiger partial charge in [-0.25, -0.2) is 0 Å². The van der Waals surface area contributed by atoms with Gasteiger partial charge >= 0.3 is 0 Å². The van der Waals surface area contributed by atoms with Crippen LogP contribution in [0.2, 0.25) is 0 Å².